The predicted molar refractivity (Wildman–Crippen MR) is 233 cm³/mol. The number of nitrogens with zero attached hydrogens (tertiary/aromatic N) is 1. The Balaban J connectivity index is 2.44. The number of unbranched alkanes of at least 4 members (excludes halogenated alkanes) is 17. The molecule has 0 aromatic rings. The van der Waals surface area contributed by atoms with E-state index in [1.54, 1.807) is 12.2 Å². The van der Waals surface area contributed by atoms with Crippen LogP contribution in [0.2, 0.25) is 0 Å². The molecule has 0 amide bonds. The molecule has 58 heavy (non-hydrogen) atoms. The number of quaternary nitrogens is 1. The summed E-state index contributed by atoms with van der Waals surface area (Å²) in [4.78, 5) is 47.9. The van der Waals surface area contributed by atoms with Crippen LogP contribution in [-0.4, -0.2) is 91.9 Å². The standard InChI is InChI=1S/C46H82NO10P/c1-6-8-10-11-12-13-14-15-16-17-18-19-20-21-27-31-46(51)57-42(39-56-58(52,53)55-37-36-47(3,4)5)38-54-45(50)30-26-23-22-25-28-40-32-35-44(49)43(40)34-33-41(48)29-24-9-7-2/h22,25,32-35,40-43,48H,6-21,23-24,26-31,36-39H2,1-5H3/p+1/b25-22-,34-33+/t40-,41-,42+,43+/m0/s1. The van der Waals surface area contributed by atoms with Crippen molar-refractivity contribution in [3.63, 3.8) is 0 Å². The number of carbonyl (C=O) groups excluding carboxylic acids is 3. The second-order valence-corrected chi connectivity index (χ2v) is 18.6. The highest BCUT2D eigenvalue weighted by molar-refractivity contribution is 7.47. The first-order valence-corrected chi connectivity index (χ1v) is 24.3. The summed E-state index contributed by atoms with van der Waals surface area (Å²) in [5, 5.41) is 10.2. The molecule has 1 aliphatic rings. The molecule has 336 valence electrons. The first-order chi connectivity index (χ1) is 27.8. The van der Waals surface area contributed by atoms with Gasteiger partial charge in [0, 0.05) is 18.8 Å². The van der Waals surface area contributed by atoms with Crippen LogP contribution in [0.1, 0.15) is 168 Å². The van der Waals surface area contributed by atoms with Crippen LogP contribution in [0.25, 0.3) is 0 Å². The Morgan fingerprint density at radius 1 is 0.776 bits per heavy atom. The lowest BCUT2D eigenvalue weighted by atomic mass is 9.90. The largest absolute Gasteiger partial charge is 0.472 e. The number of rotatable bonds is 38. The minimum Gasteiger partial charge on any atom is -0.462 e. The number of esters is 2. The Bertz CT molecular complexity index is 1230. The van der Waals surface area contributed by atoms with Crippen molar-refractivity contribution in [2.75, 3.05) is 47.5 Å². The van der Waals surface area contributed by atoms with Crippen LogP contribution in [0.4, 0.5) is 0 Å². The quantitative estimate of drug-likeness (QED) is 0.0203. The number of hydrogen-bond acceptors (Lipinski definition) is 9. The smallest absolute Gasteiger partial charge is 0.462 e. The first kappa shape index (κ1) is 53.9. The highest BCUT2D eigenvalue weighted by Crippen LogP contribution is 2.43. The Kier molecular flexibility index (Phi) is 31.2. The van der Waals surface area contributed by atoms with Crippen LogP contribution in [0.5, 0.6) is 0 Å². The van der Waals surface area contributed by atoms with Gasteiger partial charge in [0.2, 0.25) is 0 Å². The summed E-state index contributed by atoms with van der Waals surface area (Å²) in [5.41, 5.74) is 0. The number of allylic oxidation sites excluding steroid dienone is 5. The van der Waals surface area contributed by atoms with Crippen LogP contribution in [-0.2, 0) is 37.5 Å². The van der Waals surface area contributed by atoms with E-state index in [1.807, 2.05) is 45.4 Å². The molecule has 1 unspecified atom stereocenters. The molecule has 2 N–H and O–H groups in total. The van der Waals surface area contributed by atoms with E-state index in [4.69, 9.17) is 18.5 Å². The monoisotopic (exact) mass is 841 g/mol. The van der Waals surface area contributed by atoms with E-state index in [-0.39, 0.29) is 43.7 Å². The number of hydrogen-bond donors (Lipinski definition) is 2. The predicted octanol–water partition coefficient (Wildman–Crippen LogP) is 10.5. The van der Waals surface area contributed by atoms with E-state index in [1.165, 1.54) is 70.6 Å². The molecule has 0 spiro atoms. The molecule has 0 radical (unpaired) electrons. The number of ether oxygens (including phenoxy) is 2. The van der Waals surface area contributed by atoms with E-state index in [2.05, 4.69) is 13.8 Å². The third kappa shape index (κ3) is 30.8. The van der Waals surface area contributed by atoms with E-state index >= 15 is 0 Å². The van der Waals surface area contributed by atoms with Gasteiger partial charge in [-0.05, 0) is 44.1 Å². The maximum atomic E-state index is 12.7. The Labute approximate surface area is 352 Å². The average molecular weight is 841 g/mol. The number of aliphatic hydroxyl groups is 1. The fraction of sp³-hybridized carbons (Fsp3) is 0.804. The van der Waals surface area contributed by atoms with Crippen molar-refractivity contribution in [3.05, 3.63) is 36.5 Å². The molecule has 11 nitrogen and oxygen atoms in total. The van der Waals surface area contributed by atoms with E-state index in [0.29, 0.717) is 43.1 Å². The molecule has 1 aliphatic carbocycles. The summed E-state index contributed by atoms with van der Waals surface area (Å²) in [5.74, 6) is -1.14. The molecule has 0 aliphatic heterocycles. The minimum atomic E-state index is -4.42. The van der Waals surface area contributed by atoms with Gasteiger partial charge in [-0.1, -0.05) is 153 Å². The summed E-state index contributed by atoms with van der Waals surface area (Å²) in [6, 6.07) is 0. The van der Waals surface area contributed by atoms with Gasteiger partial charge in [0.15, 0.2) is 11.9 Å². The summed E-state index contributed by atoms with van der Waals surface area (Å²) in [7, 11) is 1.37. The van der Waals surface area contributed by atoms with Crippen LogP contribution in [0.15, 0.2) is 36.5 Å². The van der Waals surface area contributed by atoms with E-state index in [0.717, 1.165) is 38.5 Å². The molecule has 5 atom stereocenters. The number of phosphoric ester groups is 1. The summed E-state index contributed by atoms with van der Waals surface area (Å²) < 4.78 is 34.3. The van der Waals surface area contributed by atoms with Gasteiger partial charge in [0.05, 0.1) is 33.9 Å². The zero-order valence-corrected chi connectivity index (χ0v) is 38.0. The molecule has 1 rings (SSSR count). The number of phosphoric acid groups is 1. The van der Waals surface area contributed by atoms with Crippen molar-refractivity contribution in [2.24, 2.45) is 11.8 Å². The van der Waals surface area contributed by atoms with Gasteiger partial charge in [-0.15, -0.1) is 0 Å². The van der Waals surface area contributed by atoms with Crippen molar-refractivity contribution < 1.29 is 52.0 Å². The van der Waals surface area contributed by atoms with Gasteiger partial charge in [-0.2, -0.15) is 0 Å². The fourth-order valence-corrected chi connectivity index (χ4v) is 7.45. The number of ketones is 1. The van der Waals surface area contributed by atoms with Crippen LogP contribution in [0, 0.1) is 11.8 Å². The highest BCUT2D eigenvalue weighted by Gasteiger charge is 2.28. The lowest BCUT2D eigenvalue weighted by molar-refractivity contribution is -0.870. The first-order valence-electron chi connectivity index (χ1n) is 22.8. The molecule has 0 fully saturated rings. The molecule has 0 heterocycles. The molecule has 0 aromatic heterocycles. The van der Waals surface area contributed by atoms with Crippen LogP contribution >= 0.6 is 7.82 Å². The minimum absolute atomic E-state index is 0.000790. The molecular formula is C46H83NO10P+. The SMILES string of the molecule is CCCCCCCCCCCCCCCCCC(=O)O[C@H](COC(=O)CCC/C=C\C[C@H]1C=CC(=O)[C@@H]1/C=C/[C@@H](O)CCCCC)COP(=O)(O)OCC[N+](C)(C)C. The maximum Gasteiger partial charge on any atom is 0.472 e. The van der Waals surface area contributed by atoms with Crippen LogP contribution in [0.3, 0.4) is 0 Å². The zero-order chi connectivity index (χ0) is 42.9. The van der Waals surface area contributed by atoms with Crippen molar-refractivity contribution >= 4 is 25.5 Å². The third-order valence-electron chi connectivity index (χ3n) is 10.4. The maximum absolute atomic E-state index is 12.7. The lowest BCUT2D eigenvalue weighted by Crippen LogP contribution is -2.37. The lowest BCUT2D eigenvalue weighted by Gasteiger charge is -2.24. The third-order valence-corrected chi connectivity index (χ3v) is 11.4. The normalized spacial score (nSPS) is 17.9. The van der Waals surface area contributed by atoms with Gasteiger partial charge >= 0.3 is 19.8 Å². The van der Waals surface area contributed by atoms with Gasteiger partial charge in [-0.25, -0.2) is 4.57 Å². The van der Waals surface area contributed by atoms with Crippen molar-refractivity contribution in [3.8, 4) is 0 Å². The molecular weight excluding hydrogens is 757 g/mol. The van der Waals surface area contributed by atoms with Crippen molar-refractivity contribution in [1.29, 1.82) is 0 Å². The Hall–Kier alpha value is -2.14. The second kappa shape index (κ2) is 33.6. The van der Waals surface area contributed by atoms with Gasteiger partial charge in [-0.3, -0.25) is 23.4 Å². The fourth-order valence-electron chi connectivity index (χ4n) is 6.71. The summed E-state index contributed by atoms with van der Waals surface area (Å²) in [6.07, 6.45) is 33.9. The molecule has 0 bridgehead atoms. The number of likely N-dealkylation sites (N-methyl/N-ethyl adjacent to an activating group) is 1. The Morgan fingerprint density at radius 2 is 1.34 bits per heavy atom. The van der Waals surface area contributed by atoms with Gasteiger partial charge in [0.1, 0.15) is 19.8 Å². The number of carbonyl (C=O) groups is 3. The topological polar surface area (TPSA) is 146 Å². The molecule has 0 aromatic carbocycles. The van der Waals surface area contributed by atoms with E-state index < -0.39 is 38.6 Å². The summed E-state index contributed by atoms with van der Waals surface area (Å²) >= 11 is 0. The molecule has 0 saturated carbocycles. The molecule has 0 saturated heterocycles. The summed E-state index contributed by atoms with van der Waals surface area (Å²) in [6.45, 7) is 4.10. The second-order valence-electron chi connectivity index (χ2n) is 17.1. The molecule has 12 heteroatoms. The van der Waals surface area contributed by atoms with Crippen LogP contribution < -0.4 is 0 Å². The van der Waals surface area contributed by atoms with Crippen molar-refractivity contribution in [2.45, 2.75) is 180 Å². The van der Waals surface area contributed by atoms with Gasteiger partial charge in [0.25, 0.3) is 0 Å². The average Bonchev–Trinajstić information content (AvgIpc) is 3.52. The van der Waals surface area contributed by atoms with Gasteiger partial charge < -0.3 is 24.0 Å². The van der Waals surface area contributed by atoms with Crippen molar-refractivity contribution in [1.82, 2.24) is 0 Å². The highest BCUT2D eigenvalue weighted by atomic mass is 31.2. The van der Waals surface area contributed by atoms with E-state index in [9.17, 15) is 28.9 Å². The Morgan fingerprint density at radius 3 is 1.95 bits per heavy atom. The zero-order valence-electron chi connectivity index (χ0n) is 37.1. The number of aliphatic hydroxyl groups excluding tert-OH is 1.